The van der Waals surface area contributed by atoms with Gasteiger partial charge in [-0.1, -0.05) is 29.8 Å². The molecule has 0 bridgehead atoms. The van der Waals surface area contributed by atoms with Gasteiger partial charge in [-0.25, -0.2) is 12.8 Å². The van der Waals surface area contributed by atoms with Crippen molar-refractivity contribution in [3.63, 3.8) is 0 Å². The second-order valence-corrected chi connectivity index (χ2v) is 10.0. The smallest absolute Gasteiger partial charge is 0.251 e. The lowest BCUT2D eigenvalue weighted by Gasteiger charge is -2.20. The van der Waals surface area contributed by atoms with Crippen molar-refractivity contribution in [3.8, 4) is 5.75 Å². The minimum atomic E-state index is -3.86. The average Bonchev–Trinajstić information content (AvgIpc) is 3.02. The van der Waals surface area contributed by atoms with E-state index in [-0.39, 0.29) is 36.1 Å². The highest BCUT2D eigenvalue weighted by molar-refractivity contribution is 7.89. The molecule has 0 fully saturated rings. The number of ether oxygens (including phenoxy) is 1. The minimum absolute atomic E-state index is 0.0249. The first-order chi connectivity index (χ1) is 15.7. The van der Waals surface area contributed by atoms with Crippen molar-refractivity contribution < 1.29 is 22.3 Å². The molecule has 3 aromatic rings. The van der Waals surface area contributed by atoms with Crippen molar-refractivity contribution in [2.75, 3.05) is 13.2 Å². The first-order valence-corrected chi connectivity index (χ1v) is 12.0. The van der Waals surface area contributed by atoms with Gasteiger partial charge in [-0.15, -0.1) is 0 Å². The number of carbonyl (C=O) groups is 1. The number of carbonyl (C=O) groups excluding carboxylic acids is 1. The van der Waals surface area contributed by atoms with Gasteiger partial charge in [0.05, 0.1) is 4.90 Å². The number of nitrogens with zero attached hydrogens (tertiary/aromatic N) is 1. The molecule has 0 saturated heterocycles. The first-order valence-electron chi connectivity index (χ1n) is 10.6. The van der Waals surface area contributed by atoms with E-state index in [2.05, 4.69) is 5.32 Å². The highest BCUT2D eigenvalue weighted by Crippen LogP contribution is 2.28. The van der Waals surface area contributed by atoms with Gasteiger partial charge in [0.25, 0.3) is 5.91 Å². The molecule has 1 aliphatic heterocycles. The van der Waals surface area contributed by atoms with Crippen LogP contribution in [0.2, 0.25) is 0 Å². The van der Waals surface area contributed by atoms with E-state index in [1.54, 1.807) is 18.2 Å². The second-order valence-electron chi connectivity index (χ2n) is 8.09. The minimum Gasteiger partial charge on any atom is -0.492 e. The number of halogens is 1. The summed E-state index contributed by atoms with van der Waals surface area (Å²) in [5, 5.41) is 2.89. The fraction of sp³-hybridized carbons (Fsp3) is 0.240. The number of hydrogen-bond acceptors (Lipinski definition) is 4. The maximum absolute atomic E-state index is 13.6. The van der Waals surface area contributed by atoms with Crippen molar-refractivity contribution in [3.05, 3.63) is 94.3 Å². The van der Waals surface area contributed by atoms with Gasteiger partial charge in [0.2, 0.25) is 10.0 Å². The van der Waals surface area contributed by atoms with Crippen LogP contribution < -0.4 is 10.1 Å². The molecule has 0 atom stereocenters. The Labute approximate surface area is 193 Å². The fourth-order valence-electron chi connectivity index (χ4n) is 3.63. The molecule has 172 valence electrons. The highest BCUT2D eigenvalue weighted by atomic mass is 32.2. The standard InChI is InChI=1S/C25H25FN2O4S/c1-17-3-5-19(6-4-17)15-27-25(29)20-7-10-24-21(14-20)16-28(11-12-32-24)33(30,31)22-8-9-23(26)18(2)13-22/h3-10,13-14H,11-12,15-16H2,1-2H3,(H,27,29). The Bertz CT molecular complexity index is 1290. The summed E-state index contributed by atoms with van der Waals surface area (Å²) in [4.78, 5) is 12.7. The molecular formula is C25H25FN2O4S. The Kier molecular flexibility index (Phi) is 6.49. The van der Waals surface area contributed by atoms with E-state index in [1.165, 1.54) is 23.4 Å². The summed E-state index contributed by atoms with van der Waals surface area (Å²) < 4.78 is 47.0. The van der Waals surface area contributed by atoms with Crippen LogP contribution in [0.4, 0.5) is 4.39 Å². The van der Waals surface area contributed by atoms with Gasteiger partial charge in [0.15, 0.2) is 0 Å². The van der Waals surface area contributed by atoms with Crippen LogP contribution in [-0.2, 0) is 23.1 Å². The van der Waals surface area contributed by atoms with Crippen LogP contribution in [-0.4, -0.2) is 31.8 Å². The zero-order valence-electron chi connectivity index (χ0n) is 18.5. The molecule has 0 aliphatic carbocycles. The van der Waals surface area contributed by atoms with Crippen molar-refractivity contribution in [2.24, 2.45) is 0 Å². The number of sulfonamides is 1. The third-order valence-electron chi connectivity index (χ3n) is 5.61. The molecule has 4 rings (SSSR count). The largest absolute Gasteiger partial charge is 0.492 e. The Morgan fingerprint density at radius 1 is 1.06 bits per heavy atom. The lowest BCUT2D eigenvalue weighted by Crippen LogP contribution is -2.32. The maximum Gasteiger partial charge on any atom is 0.251 e. The summed E-state index contributed by atoms with van der Waals surface area (Å²) in [6, 6.07) is 16.6. The summed E-state index contributed by atoms with van der Waals surface area (Å²) >= 11 is 0. The number of aryl methyl sites for hydroxylation is 2. The number of amides is 1. The molecule has 0 radical (unpaired) electrons. The van der Waals surface area contributed by atoms with E-state index < -0.39 is 15.8 Å². The third kappa shape index (κ3) is 5.07. The number of rotatable bonds is 5. The van der Waals surface area contributed by atoms with Crippen LogP contribution in [0.25, 0.3) is 0 Å². The lowest BCUT2D eigenvalue weighted by molar-refractivity contribution is 0.0950. The normalized spacial score (nSPS) is 14.2. The Morgan fingerprint density at radius 2 is 1.82 bits per heavy atom. The quantitative estimate of drug-likeness (QED) is 0.615. The predicted molar refractivity (Wildman–Crippen MR) is 123 cm³/mol. The van der Waals surface area contributed by atoms with Crippen LogP contribution in [0.15, 0.2) is 65.6 Å². The predicted octanol–water partition coefficient (Wildman–Crippen LogP) is 3.96. The number of nitrogens with one attached hydrogen (secondary N) is 1. The van der Waals surface area contributed by atoms with E-state index in [1.807, 2.05) is 31.2 Å². The molecular weight excluding hydrogens is 443 g/mol. The molecule has 0 aromatic heterocycles. The molecule has 1 amide bonds. The number of benzene rings is 3. The number of fused-ring (bicyclic) bond motifs is 1. The maximum atomic E-state index is 13.6. The summed E-state index contributed by atoms with van der Waals surface area (Å²) in [5.74, 6) is -0.177. The van der Waals surface area contributed by atoms with E-state index in [0.29, 0.717) is 23.4 Å². The van der Waals surface area contributed by atoms with Gasteiger partial charge in [-0.3, -0.25) is 4.79 Å². The van der Waals surface area contributed by atoms with Crippen LogP contribution in [0.1, 0.15) is 32.6 Å². The van der Waals surface area contributed by atoms with Gasteiger partial charge in [0.1, 0.15) is 18.2 Å². The Hall–Kier alpha value is -3.23. The van der Waals surface area contributed by atoms with Crippen molar-refractivity contribution in [2.45, 2.75) is 31.8 Å². The van der Waals surface area contributed by atoms with E-state index in [9.17, 15) is 17.6 Å². The molecule has 1 heterocycles. The van der Waals surface area contributed by atoms with Crippen LogP contribution >= 0.6 is 0 Å². The van der Waals surface area contributed by atoms with Crippen LogP contribution in [0, 0.1) is 19.7 Å². The molecule has 1 aliphatic rings. The molecule has 0 saturated carbocycles. The van der Waals surface area contributed by atoms with E-state index in [0.717, 1.165) is 17.2 Å². The van der Waals surface area contributed by atoms with Crippen molar-refractivity contribution >= 4 is 15.9 Å². The zero-order valence-corrected chi connectivity index (χ0v) is 19.3. The van der Waals surface area contributed by atoms with Crippen LogP contribution in [0.5, 0.6) is 5.75 Å². The highest BCUT2D eigenvalue weighted by Gasteiger charge is 2.28. The van der Waals surface area contributed by atoms with Gasteiger partial charge < -0.3 is 10.1 Å². The molecule has 0 unspecified atom stereocenters. The fourth-order valence-corrected chi connectivity index (χ4v) is 5.12. The molecule has 6 nitrogen and oxygen atoms in total. The van der Waals surface area contributed by atoms with Gasteiger partial charge in [-0.2, -0.15) is 4.31 Å². The van der Waals surface area contributed by atoms with Gasteiger partial charge in [-0.05, 0) is 61.4 Å². The van der Waals surface area contributed by atoms with E-state index in [4.69, 9.17) is 4.74 Å². The first kappa shape index (κ1) is 22.9. The van der Waals surface area contributed by atoms with E-state index >= 15 is 0 Å². The van der Waals surface area contributed by atoms with Gasteiger partial charge in [0, 0.05) is 30.8 Å². The second kappa shape index (κ2) is 9.33. The summed E-state index contributed by atoms with van der Waals surface area (Å²) in [6.45, 7) is 4.27. The molecule has 8 heteroatoms. The summed E-state index contributed by atoms with van der Waals surface area (Å²) in [7, 11) is -3.86. The molecule has 3 aromatic carbocycles. The molecule has 1 N–H and O–H groups in total. The number of hydrogen-bond donors (Lipinski definition) is 1. The van der Waals surface area contributed by atoms with Crippen LogP contribution in [0.3, 0.4) is 0 Å². The van der Waals surface area contributed by atoms with Gasteiger partial charge >= 0.3 is 0 Å². The molecule has 33 heavy (non-hydrogen) atoms. The Balaban J connectivity index is 1.53. The zero-order chi connectivity index (χ0) is 23.6. The Morgan fingerprint density at radius 3 is 2.55 bits per heavy atom. The topological polar surface area (TPSA) is 75.7 Å². The lowest BCUT2D eigenvalue weighted by atomic mass is 10.1. The monoisotopic (exact) mass is 468 g/mol. The average molecular weight is 469 g/mol. The molecule has 0 spiro atoms. The van der Waals surface area contributed by atoms with Crippen molar-refractivity contribution in [1.82, 2.24) is 9.62 Å². The third-order valence-corrected chi connectivity index (χ3v) is 7.45. The SMILES string of the molecule is Cc1ccc(CNC(=O)c2ccc3c(c2)CN(S(=O)(=O)c2ccc(F)c(C)c2)CCO3)cc1. The summed E-state index contributed by atoms with van der Waals surface area (Å²) in [5.41, 5.74) is 3.40. The summed E-state index contributed by atoms with van der Waals surface area (Å²) in [6.07, 6.45) is 0. The van der Waals surface area contributed by atoms with Crippen molar-refractivity contribution in [1.29, 1.82) is 0 Å².